The first-order valence-corrected chi connectivity index (χ1v) is 7.34. The Kier molecular flexibility index (Phi) is 4.58. The summed E-state index contributed by atoms with van der Waals surface area (Å²) in [4.78, 5) is 8.83. The third-order valence-electron chi connectivity index (χ3n) is 3.21. The van der Waals surface area contributed by atoms with Crippen LogP contribution in [0.2, 0.25) is 0 Å². The summed E-state index contributed by atoms with van der Waals surface area (Å²) in [5, 5.41) is 4.30. The molecule has 0 spiro atoms. The van der Waals surface area contributed by atoms with Crippen LogP contribution in [0.1, 0.15) is 12.5 Å². The van der Waals surface area contributed by atoms with E-state index in [9.17, 15) is 0 Å². The van der Waals surface area contributed by atoms with Crippen LogP contribution >= 0.6 is 0 Å². The molecule has 0 N–H and O–H groups in total. The standard InChI is InChI=1S/C19H16N4/c1-2-3-4-5-6-10-17-11-7-9-16(14-21-17)18-15-22-23-13-8-12-20-19(18)23/h2-10,12-15H,1H3/b3-2-,5-4-,10-6+. The fraction of sp³-hybridized carbons (Fsp3) is 0.0526. The van der Waals surface area contributed by atoms with E-state index in [1.165, 1.54) is 0 Å². The monoisotopic (exact) mass is 300 g/mol. The second-order valence-electron chi connectivity index (χ2n) is 4.79. The molecule has 2 aromatic rings. The molecule has 23 heavy (non-hydrogen) atoms. The normalized spacial score (nSPS) is 15.0. The van der Waals surface area contributed by atoms with Crippen LogP contribution < -0.4 is 0 Å². The largest absolute Gasteiger partial charge is 0.248 e. The summed E-state index contributed by atoms with van der Waals surface area (Å²) >= 11 is 0. The molecule has 0 aromatic carbocycles. The van der Waals surface area contributed by atoms with Gasteiger partial charge in [0.05, 0.1) is 6.20 Å². The van der Waals surface area contributed by atoms with Crippen LogP contribution in [-0.2, 0) is 0 Å². The summed E-state index contributed by atoms with van der Waals surface area (Å²) in [5.74, 6) is 0. The van der Waals surface area contributed by atoms with Crippen molar-refractivity contribution < 1.29 is 0 Å². The molecule has 4 nitrogen and oxygen atoms in total. The first kappa shape index (κ1) is 14.7. The van der Waals surface area contributed by atoms with E-state index in [4.69, 9.17) is 0 Å². The van der Waals surface area contributed by atoms with Gasteiger partial charge in [0.2, 0.25) is 0 Å². The van der Waals surface area contributed by atoms with Gasteiger partial charge in [-0.1, -0.05) is 36.1 Å². The van der Waals surface area contributed by atoms with Gasteiger partial charge in [-0.05, 0) is 31.2 Å². The lowest BCUT2D eigenvalue weighted by Gasteiger charge is -1.97. The lowest BCUT2D eigenvalue weighted by Crippen LogP contribution is -1.90. The van der Waals surface area contributed by atoms with Crippen LogP contribution in [0.15, 0.2) is 89.7 Å². The molecular formula is C19H16N4. The molecule has 0 amide bonds. The summed E-state index contributed by atoms with van der Waals surface area (Å²) in [6.07, 6.45) is 22.8. The van der Waals surface area contributed by atoms with E-state index < -0.39 is 0 Å². The zero-order chi connectivity index (χ0) is 15.9. The maximum Gasteiger partial charge on any atom is 0.162 e. The van der Waals surface area contributed by atoms with Crippen molar-refractivity contribution in [3.63, 3.8) is 0 Å². The van der Waals surface area contributed by atoms with Crippen LogP contribution in [-0.4, -0.2) is 20.8 Å². The van der Waals surface area contributed by atoms with Crippen molar-refractivity contribution in [2.24, 2.45) is 4.99 Å². The van der Waals surface area contributed by atoms with Gasteiger partial charge in [-0.25, -0.2) is 14.5 Å². The Labute approximate surface area is 134 Å². The molecule has 0 aliphatic carbocycles. The molecule has 0 bridgehead atoms. The number of fused-ring (bicyclic) bond motifs is 1. The van der Waals surface area contributed by atoms with Gasteiger partial charge in [-0.3, -0.25) is 0 Å². The Bertz CT molecular complexity index is 914. The fourth-order valence-electron chi connectivity index (χ4n) is 2.10. The molecule has 0 unspecified atom stereocenters. The third kappa shape index (κ3) is 3.51. The van der Waals surface area contributed by atoms with Gasteiger partial charge in [0.1, 0.15) is 5.70 Å². The van der Waals surface area contributed by atoms with Gasteiger partial charge in [-0.15, -0.1) is 0 Å². The molecule has 0 atom stereocenters. The second kappa shape index (κ2) is 7.16. The van der Waals surface area contributed by atoms with Crippen molar-refractivity contribution in [3.05, 3.63) is 90.3 Å². The molecule has 0 fully saturated rings. The van der Waals surface area contributed by atoms with Crippen molar-refractivity contribution in [1.29, 1.82) is 0 Å². The first-order chi connectivity index (χ1) is 11.4. The van der Waals surface area contributed by atoms with Crippen LogP contribution in [0.5, 0.6) is 0 Å². The number of aromatic nitrogens is 3. The third-order valence-corrected chi connectivity index (χ3v) is 3.21. The molecule has 3 rings (SSSR count). The average Bonchev–Trinajstić information content (AvgIpc) is 2.87. The molecule has 1 aliphatic rings. The van der Waals surface area contributed by atoms with Crippen molar-refractivity contribution in [3.8, 4) is 0 Å². The molecule has 1 aliphatic heterocycles. The Balaban J connectivity index is 1.81. The van der Waals surface area contributed by atoms with Crippen molar-refractivity contribution in [2.45, 2.75) is 6.92 Å². The molecule has 3 heterocycles. The van der Waals surface area contributed by atoms with Crippen LogP contribution in [0, 0.1) is 0 Å². The molecule has 0 saturated heterocycles. The highest BCUT2D eigenvalue weighted by Gasteiger charge is 2.08. The lowest BCUT2D eigenvalue weighted by atomic mass is 10.1. The number of nitrogens with zero attached hydrogens (tertiary/aromatic N) is 4. The zero-order valence-electron chi connectivity index (χ0n) is 12.8. The topological polar surface area (TPSA) is 42.5 Å². The fourth-order valence-corrected chi connectivity index (χ4v) is 2.10. The maximum absolute atomic E-state index is 4.46. The predicted molar refractivity (Wildman–Crippen MR) is 94.1 cm³/mol. The van der Waals surface area contributed by atoms with E-state index in [2.05, 4.69) is 20.8 Å². The van der Waals surface area contributed by atoms with E-state index in [-0.39, 0.29) is 0 Å². The van der Waals surface area contributed by atoms with E-state index in [0.29, 0.717) is 0 Å². The van der Waals surface area contributed by atoms with E-state index in [1.54, 1.807) is 16.9 Å². The van der Waals surface area contributed by atoms with E-state index in [1.807, 2.05) is 74.0 Å². The Morgan fingerprint density at radius 2 is 2.09 bits per heavy atom. The highest BCUT2D eigenvalue weighted by atomic mass is 15.2. The minimum atomic E-state index is 0.769. The number of allylic oxidation sites excluding steroid dienone is 8. The molecule has 0 radical (unpaired) electrons. The highest BCUT2D eigenvalue weighted by molar-refractivity contribution is 6.13. The average molecular weight is 300 g/mol. The molecule has 2 aromatic heterocycles. The number of hydrogen-bond donors (Lipinski definition) is 0. The van der Waals surface area contributed by atoms with Gasteiger partial charge in [-0.2, -0.15) is 5.10 Å². The summed E-state index contributed by atoms with van der Waals surface area (Å²) in [7, 11) is 0. The summed E-state index contributed by atoms with van der Waals surface area (Å²) in [6.45, 7) is 1.98. The predicted octanol–water partition coefficient (Wildman–Crippen LogP) is 3.92. The highest BCUT2D eigenvalue weighted by Crippen LogP contribution is 2.18. The van der Waals surface area contributed by atoms with Crippen LogP contribution in [0.3, 0.4) is 0 Å². The molecular weight excluding hydrogens is 284 g/mol. The number of rotatable bonds is 4. The van der Waals surface area contributed by atoms with E-state index in [0.717, 1.165) is 22.5 Å². The second-order valence-corrected chi connectivity index (χ2v) is 4.79. The van der Waals surface area contributed by atoms with Crippen LogP contribution in [0.25, 0.3) is 11.2 Å². The Morgan fingerprint density at radius 3 is 3.00 bits per heavy atom. The van der Waals surface area contributed by atoms with Gasteiger partial charge >= 0.3 is 0 Å². The smallest absolute Gasteiger partial charge is 0.162 e. The van der Waals surface area contributed by atoms with Gasteiger partial charge in [0.15, 0.2) is 5.65 Å². The Hall–Kier alpha value is -3.23. The maximum atomic E-state index is 4.46. The van der Waals surface area contributed by atoms with Crippen molar-refractivity contribution >= 4 is 17.4 Å². The van der Waals surface area contributed by atoms with Crippen molar-refractivity contribution in [1.82, 2.24) is 14.6 Å². The lowest BCUT2D eigenvalue weighted by molar-refractivity contribution is 0.939. The number of aliphatic imine (C=N–C) groups is 1. The van der Waals surface area contributed by atoms with Gasteiger partial charge in [0, 0.05) is 29.7 Å². The molecule has 0 saturated carbocycles. The Morgan fingerprint density at radius 1 is 1.17 bits per heavy atom. The zero-order valence-corrected chi connectivity index (χ0v) is 12.8. The van der Waals surface area contributed by atoms with Crippen molar-refractivity contribution in [2.75, 3.05) is 0 Å². The summed E-state index contributed by atoms with van der Waals surface area (Å²) in [6, 6.07) is 1.85. The molecule has 112 valence electrons. The summed E-state index contributed by atoms with van der Waals surface area (Å²) in [5.41, 5.74) is 6.63. The first-order valence-electron chi connectivity index (χ1n) is 7.34. The minimum Gasteiger partial charge on any atom is -0.248 e. The quantitative estimate of drug-likeness (QED) is 0.634. The molecule has 4 heteroatoms. The summed E-state index contributed by atoms with van der Waals surface area (Å²) < 4.78 is 1.75. The van der Waals surface area contributed by atoms with E-state index >= 15 is 0 Å². The SMILES string of the molecule is C\C=C/C=C\C=C\C1=C=CC=C(c2cnn3cccnc23)C=N1. The minimum absolute atomic E-state index is 0.769. The van der Waals surface area contributed by atoms with Crippen LogP contribution in [0.4, 0.5) is 0 Å². The van der Waals surface area contributed by atoms with Gasteiger partial charge in [0.25, 0.3) is 0 Å². The van der Waals surface area contributed by atoms with Gasteiger partial charge < -0.3 is 0 Å². The number of hydrogen-bond acceptors (Lipinski definition) is 3.